The maximum absolute atomic E-state index is 11.7. The van der Waals surface area contributed by atoms with Crippen molar-refractivity contribution in [2.24, 2.45) is 0 Å². The van der Waals surface area contributed by atoms with Crippen molar-refractivity contribution in [2.45, 2.75) is 38.7 Å². The Bertz CT molecular complexity index is 621. The third-order valence-corrected chi connectivity index (χ3v) is 3.96. The summed E-state index contributed by atoms with van der Waals surface area (Å²) in [5, 5.41) is 5.40. The molecule has 0 aliphatic heterocycles. The van der Waals surface area contributed by atoms with Crippen LogP contribution >= 0.6 is 0 Å². The lowest BCUT2D eigenvalue weighted by Gasteiger charge is -2.12. The molecule has 1 aliphatic rings. The van der Waals surface area contributed by atoms with Gasteiger partial charge >= 0.3 is 0 Å². The molecule has 0 atom stereocenters. The molecule has 2 N–H and O–H groups in total. The van der Waals surface area contributed by atoms with Crippen LogP contribution in [0.15, 0.2) is 36.5 Å². The largest absolute Gasteiger partial charge is 0.484 e. The first-order valence-corrected chi connectivity index (χ1v) is 8.44. The van der Waals surface area contributed by atoms with Crippen LogP contribution in [0.1, 0.15) is 31.7 Å². The molecule has 0 saturated heterocycles. The maximum Gasteiger partial charge on any atom is 0.257 e. The number of rotatable bonds is 10. The lowest BCUT2D eigenvalue weighted by Crippen LogP contribution is -2.33. The van der Waals surface area contributed by atoms with Gasteiger partial charge in [0, 0.05) is 18.7 Å². The van der Waals surface area contributed by atoms with Gasteiger partial charge in [-0.1, -0.05) is 24.3 Å². The first kappa shape index (κ1) is 19.0. The Morgan fingerprint density at radius 3 is 2.48 bits per heavy atom. The third kappa shape index (κ3) is 7.39. The minimum atomic E-state index is -0.218. The van der Waals surface area contributed by atoms with Crippen LogP contribution in [0.25, 0.3) is 0 Å². The zero-order chi connectivity index (χ0) is 18.3. The number of hydrogen-bond acceptors (Lipinski definition) is 4. The summed E-state index contributed by atoms with van der Waals surface area (Å²) < 4.78 is 10.9. The summed E-state index contributed by atoms with van der Waals surface area (Å²) in [5.74, 6) is 0.221. The summed E-state index contributed by atoms with van der Waals surface area (Å²) in [6, 6.07) is 7.49. The van der Waals surface area contributed by atoms with E-state index >= 15 is 0 Å². The van der Waals surface area contributed by atoms with E-state index in [1.165, 1.54) is 0 Å². The second-order valence-electron chi connectivity index (χ2n) is 6.59. The van der Waals surface area contributed by atoms with E-state index in [1.54, 1.807) is 0 Å². The first-order chi connectivity index (χ1) is 11.9. The Hall–Kier alpha value is -2.34. The van der Waals surface area contributed by atoms with Gasteiger partial charge in [0.2, 0.25) is 5.91 Å². The molecule has 0 heterocycles. The van der Waals surface area contributed by atoms with Crippen molar-refractivity contribution in [1.82, 2.24) is 10.6 Å². The quantitative estimate of drug-likeness (QED) is 0.680. The lowest BCUT2D eigenvalue weighted by atomic mass is 10.2. The third-order valence-electron chi connectivity index (χ3n) is 3.96. The molecule has 6 heteroatoms. The molecular formula is C19H26N2O4. The number of aryl methyl sites for hydroxylation is 1. The van der Waals surface area contributed by atoms with Crippen molar-refractivity contribution in [3.8, 4) is 5.75 Å². The van der Waals surface area contributed by atoms with Gasteiger partial charge in [0.05, 0.1) is 5.60 Å². The molecule has 0 aromatic heterocycles. The molecule has 25 heavy (non-hydrogen) atoms. The molecule has 0 bridgehead atoms. The average molecular weight is 346 g/mol. The standard InChI is InChI=1S/C19H26N2O4/c1-14-4-6-16(7-5-14)24-12-17(22)20-11-8-15(2)21-18(23)13-25-19(3)9-10-19/h4-7H,2,8-13H2,1,3H3,(H,20,22)(H,21,23). The molecule has 0 spiro atoms. The van der Waals surface area contributed by atoms with Crippen LogP contribution in [0.2, 0.25) is 0 Å². The molecule has 6 nitrogen and oxygen atoms in total. The summed E-state index contributed by atoms with van der Waals surface area (Å²) in [5.41, 5.74) is 1.56. The summed E-state index contributed by atoms with van der Waals surface area (Å²) in [6.07, 6.45) is 2.45. The number of nitrogens with one attached hydrogen (secondary N) is 2. The van der Waals surface area contributed by atoms with E-state index < -0.39 is 0 Å². The fourth-order valence-corrected chi connectivity index (χ4v) is 2.04. The summed E-state index contributed by atoms with van der Waals surface area (Å²) in [4.78, 5) is 23.4. The Labute approximate surface area is 148 Å². The van der Waals surface area contributed by atoms with Crippen LogP contribution in [0.5, 0.6) is 5.75 Å². The molecule has 0 radical (unpaired) electrons. The Morgan fingerprint density at radius 1 is 1.16 bits per heavy atom. The van der Waals surface area contributed by atoms with E-state index in [2.05, 4.69) is 17.2 Å². The molecular weight excluding hydrogens is 320 g/mol. The number of hydrogen-bond donors (Lipinski definition) is 2. The molecule has 2 rings (SSSR count). The van der Waals surface area contributed by atoms with Crippen LogP contribution in [-0.4, -0.2) is 37.2 Å². The van der Waals surface area contributed by atoms with Crippen molar-refractivity contribution >= 4 is 11.8 Å². The summed E-state index contributed by atoms with van der Waals surface area (Å²) >= 11 is 0. The van der Waals surface area contributed by atoms with Gasteiger partial charge in [-0.25, -0.2) is 0 Å². The van der Waals surface area contributed by atoms with E-state index in [1.807, 2.05) is 38.1 Å². The molecule has 2 amide bonds. The van der Waals surface area contributed by atoms with Crippen LogP contribution in [0, 0.1) is 6.92 Å². The molecule has 1 saturated carbocycles. The average Bonchev–Trinajstić information content (AvgIpc) is 3.30. The highest BCUT2D eigenvalue weighted by molar-refractivity contribution is 5.79. The normalized spacial score (nSPS) is 14.5. The SMILES string of the molecule is C=C(CCNC(=O)COc1ccc(C)cc1)NC(=O)COC1(C)CC1. The van der Waals surface area contributed by atoms with Gasteiger partial charge in [0.1, 0.15) is 12.4 Å². The summed E-state index contributed by atoms with van der Waals surface area (Å²) in [7, 11) is 0. The van der Waals surface area contributed by atoms with Crippen molar-refractivity contribution in [1.29, 1.82) is 0 Å². The van der Waals surface area contributed by atoms with Crippen molar-refractivity contribution in [3.05, 3.63) is 42.1 Å². The molecule has 1 aromatic rings. The second kappa shape index (κ2) is 8.67. The lowest BCUT2D eigenvalue weighted by molar-refractivity contribution is -0.127. The smallest absolute Gasteiger partial charge is 0.257 e. The predicted octanol–water partition coefficient (Wildman–Crippen LogP) is 2.08. The van der Waals surface area contributed by atoms with E-state index in [0.717, 1.165) is 18.4 Å². The second-order valence-corrected chi connectivity index (χ2v) is 6.59. The first-order valence-electron chi connectivity index (χ1n) is 8.44. The minimum Gasteiger partial charge on any atom is -0.484 e. The monoisotopic (exact) mass is 346 g/mol. The minimum absolute atomic E-state index is 0.0340. The number of carbonyl (C=O) groups is 2. The fourth-order valence-electron chi connectivity index (χ4n) is 2.04. The van der Waals surface area contributed by atoms with Gasteiger partial charge in [-0.3, -0.25) is 9.59 Å². The van der Waals surface area contributed by atoms with Crippen molar-refractivity contribution in [3.63, 3.8) is 0 Å². The summed E-state index contributed by atoms with van der Waals surface area (Å²) in [6.45, 7) is 8.13. The van der Waals surface area contributed by atoms with Gasteiger partial charge < -0.3 is 20.1 Å². The van der Waals surface area contributed by atoms with E-state index in [4.69, 9.17) is 9.47 Å². The molecule has 0 unspecified atom stereocenters. The Balaban J connectivity index is 1.54. The van der Waals surface area contributed by atoms with Crippen LogP contribution < -0.4 is 15.4 Å². The van der Waals surface area contributed by atoms with Crippen LogP contribution in [0.4, 0.5) is 0 Å². The molecule has 1 aromatic carbocycles. The molecule has 136 valence electrons. The number of carbonyl (C=O) groups excluding carboxylic acids is 2. The highest BCUT2D eigenvalue weighted by atomic mass is 16.5. The van der Waals surface area contributed by atoms with E-state index in [9.17, 15) is 9.59 Å². The zero-order valence-corrected chi connectivity index (χ0v) is 14.9. The van der Waals surface area contributed by atoms with Gasteiger partial charge in [-0.15, -0.1) is 0 Å². The highest BCUT2D eigenvalue weighted by Crippen LogP contribution is 2.38. The number of ether oxygens (including phenoxy) is 2. The molecule has 1 fully saturated rings. The van der Waals surface area contributed by atoms with Gasteiger partial charge in [0.25, 0.3) is 5.91 Å². The van der Waals surface area contributed by atoms with E-state index in [0.29, 0.717) is 24.4 Å². The topological polar surface area (TPSA) is 76.7 Å². The van der Waals surface area contributed by atoms with Crippen molar-refractivity contribution in [2.75, 3.05) is 19.8 Å². The van der Waals surface area contributed by atoms with Crippen LogP contribution in [-0.2, 0) is 14.3 Å². The van der Waals surface area contributed by atoms with Gasteiger partial charge in [0.15, 0.2) is 6.61 Å². The number of benzene rings is 1. The Morgan fingerprint density at radius 2 is 1.84 bits per heavy atom. The zero-order valence-electron chi connectivity index (χ0n) is 14.9. The molecule has 1 aliphatic carbocycles. The van der Waals surface area contributed by atoms with Gasteiger partial charge in [-0.05, 0) is 38.8 Å². The Kier molecular flexibility index (Phi) is 6.58. The van der Waals surface area contributed by atoms with Gasteiger partial charge in [-0.2, -0.15) is 0 Å². The fraction of sp³-hybridized carbons (Fsp3) is 0.474. The van der Waals surface area contributed by atoms with Crippen LogP contribution in [0.3, 0.4) is 0 Å². The highest BCUT2D eigenvalue weighted by Gasteiger charge is 2.38. The van der Waals surface area contributed by atoms with Crippen molar-refractivity contribution < 1.29 is 19.1 Å². The maximum atomic E-state index is 11.7. The predicted molar refractivity (Wildman–Crippen MR) is 95.2 cm³/mol. The van der Waals surface area contributed by atoms with E-state index in [-0.39, 0.29) is 30.6 Å². The number of amides is 2.